The molecule has 0 atom stereocenters. The van der Waals surface area contributed by atoms with E-state index in [4.69, 9.17) is 0 Å². The molecule has 1 saturated heterocycles. The van der Waals surface area contributed by atoms with Gasteiger partial charge in [-0.2, -0.15) is 5.26 Å². The van der Waals surface area contributed by atoms with Crippen LogP contribution in [0.3, 0.4) is 0 Å². The second-order valence-electron chi connectivity index (χ2n) is 9.94. The van der Waals surface area contributed by atoms with Gasteiger partial charge in [-0.3, -0.25) is 14.5 Å². The number of aromatic nitrogens is 1. The molecule has 3 aromatic carbocycles. The number of aromatic amines is 1. The molecule has 1 amide bonds. The average molecular weight is 520 g/mol. The summed E-state index contributed by atoms with van der Waals surface area (Å²) < 4.78 is 0. The molecule has 1 N–H and O–H groups in total. The first-order valence-electron chi connectivity index (χ1n) is 13.5. The topological polar surface area (TPSA) is 83.4 Å². The third-order valence-corrected chi connectivity index (χ3v) is 7.49. The molecule has 0 radical (unpaired) electrons. The fourth-order valence-electron chi connectivity index (χ4n) is 5.40. The van der Waals surface area contributed by atoms with Crippen molar-refractivity contribution in [1.82, 2.24) is 19.7 Å². The second kappa shape index (κ2) is 12.5. The molecule has 7 heteroatoms. The SMILES string of the molecule is N#CN(CCCCN1CCN(C(c2ccccc2)c2ccccc2)CC1)C(=O)c1c[nH]c2ccccc2c1=O. The van der Waals surface area contributed by atoms with E-state index in [0.717, 1.165) is 44.0 Å². The minimum Gasteiger partial charge on any atom is -0.360 e. The van der Waals surface area contributed by atoms with Crippen LogP contribution in [0.4, 0.5) is 0 Å². The number of para-hydroxylation sites is 1. The number of fused-ring (bicyclic) bond motifs is 1. The van der Waals surface area contributed by atoms with Gasteiger partial charge in [-0.1, -0.05) is 72.8 Å². The van der Waals surface area contributed by atoms with E-state index in [9.17, 15) is 14.9 Å². The van der Waals surface area contributed by atoms with E-state index in [2.05, 4.69) is 75.4 Å². The first-order chi connectivity index (χ1) is 19.2. The zero-order valence-electron chi connectivity index (χ0n) is 22.0. The van der Waals surface area contributed by atoms with Gasteiger partial charge in [0.15, 0.2) is 6.19 Å². The molecule has 7 nitrogen and oxygen atoms in total. The standard InChI is InChI=1S/C32H33N5O2/c33-24-37(32(39)28-23-34-29-16-8-7-15-27(29)31(28)38)18-10-9-17-35-19-21-36(22-20-35)30(25-11-3-1-4-12-25)26-13-5-2-6-14-26/h1-8,11-16,23,30H,9-10,17-22H2,(H,34,38). The van der Waals surface area contributed by atoms with Crippen molar-refractivity contribution in [1.29, 1.82) is 5.26 Å². The number of nitrogens with one attached hydrogen (secondary N) is 1. The fraction of sp³-hybridized carbons (Fsp3) is 0.281. The maximum atomic E-state index is 12.9. The van der Waals surface area contributed by atoms with E-state index in [-0.39, 0.29) is 17.0 Å². The predicted octanol–water partition coefficient (Wildman–Crippen LogP) is 4.64. The van der Waals surface area contributed by atoms with E-state index in [1.165, 1.54) is 17.3 Å². The van der Waals surface area contributed by atoms with E-state index in [0.29, 0.717) is 23.9 Å². The second-order valence-corrected chi connectivity index (χ2v) is 9.94. The van der Waals surface area contributed by atoms with Gasteiger partial charge < -0.3 is 9.88 Å². The summed E-state index contributed by atoms with van der Waals surface area (Å²) in [6.07, 6.45) is 4.96. The highest BCUT2D eigenvalue weighted by Crippen LogP contribution is 2.29. The Bertz CT molecular complexity index is 1450. The van der Waals surface area contributed by atoms with Crippen LogP contribution in [0.25, 0.3) is 10.9 Å². The molecule has 2 heterocycles. The number of rotatable bonds is 9. The lowest BCUT2D eigenvalue weighted by molar-refractivity contribution is 0.0823. The van der Waals surface area contributed by atoms with Crippen molar-refractivity contribution in [2.45, 2.75) is 18.9 Å². The van der Waals surface area contributed by atoms with E-state index >= 15 is 0 Å². The van der Waals surface area contributed by atoms with Crippen molar-refractivity contribution in [3.63, 3.8) is 0 Å². The molecular weight excluding hydrogens is 486 g/mol. The molecule has 0 aliphatic carbocycles. The van der Waals surface area contributed by atoms with Crippen molar-refractivity contribution in [3.8, 4) is 6.19 Å². The van der Waals surface area contributed by atoms with Crippen LogP contribution in [0.15, 0.2) is 95.9 Å². The lowest BCUT2D eigenvalue weighted by Crippen LogP contribution is -2.48. The summed E-state index contributed by atoms with van der Waals surface area (Å²) in [6.45, 7) is 5.11. The van der Waals surface area contributed by atoms with Crippen molar-refractivity contribution >= 4 is 16.8 Å². The third-order valence-electron chi connectivity index (χ3n) is 7.49. The van der Waals surface area contributed by atoms with Gasteiger partial charge in [0.2, 0.25) is 5.43 Å². The van der Waals surface area contributed by atoms with Gasteiger partial charge >= 0.3 is 0 Å². The predicted molar refractivity (Wildman–Crippen MR) is 153 cm³/mol. The molecule has 1 fully saturated rings. The Hall–Kier alpha value is -4.25. The monoisotopic (exact) mass is 519 g/mol. The normalized spacial score (nSPS) is 14.4. The molecule has 0 spiro atoms. The van der Waals surface area contributed by atoms with Gasteiger partial charge in [0.05, 0.1) is 6.04 Å². The highest BCUT2D eigenvalue weighted by molar-refractivity contribution is 5.97. The lowest BCUT2D eigenvalue weighted by atomic mass is 9.96. The Morgan fingerprint density at radius 2 is 1.49 bits per heavy atom. The fourth-order valence-corrected chi connectivity index (χ4v) is 5.40. The van der Waals surface area contributed by atoms with Crippen molar-refractivity contribution < 1.29 is 4.79 Å². The number of carbonyl (C=O) groups is 1. The number of unbranched alkanes of at least 4 members (excludes halogenated alkanes) is 1. The minimum absolute atomic E-state index is 0.00208. The van der Waals surface area contributed by atoms with Gasteiger partial charge in [-0.05, 0) is 42.6 Å². The summed E-state index contributed by atoms with van der Waals surface area (Å²) in [5.74, 6) is -0.550. The molecule has 4 aromatic rings. The van der Waals surface area contributed by atoms with Crippen LogP contribution in [0.5, 0.6) is 0 Å². The Kier molecular flexibility index (Phi) is 8.47. The van der Waals surface area contributed by atoms with Crippen LogP contribution in [-0.2, 0) is 0 Å². The van der Waals surface area contributed by atoms with Crippen LogP contribution < -0.4 is 5.43 Å². The van der Waals surface area contributed by atoms with Crippen LogP contribution >= 0.6 is 0 Å². The smallest absolute Gasteiger partial charge is 0.272 e. The van der Waals surface area contributed by atoms with E-state index in [1.807, 2.05) is 12.3 Å². The first kappa shape index (κ1) is 26.4. The van der Waals surface area contributed by atoms with Gasteiger partial charge in [0.1, 0.15) is 5.56 Å². The van der Waals surface area contributed by atoms with E-state index in [1.54, 1.807) is 18.2 Å². The van der Waals surface area contributed by atoms with Crippen molar-refractivity contribution in [3.05, 3.63) is 118 Å². The number of nitrogens with zero attached hydrogens (tertiary/aromatic N) is 4. The Morgan fingerprint density at radius 3 is 2.13 bits per heavy atom. The van der Waals surface area contributed by atoms with Crippen molar-refractivity contribution in [2.75, 3.05) is 39.3 Å². The van der Waals surface area contributed by atoms with Gasteiger partial charge in [0, 0.05) is 49.8 Å². The number of piperazine rings is 1. The van der Waals surface area contributed by atoms with Crippen molar-refractivity contribution in [2.24, 2.45) is 0 Å². The highest BCUT2D eigenvalue weighted by atomic mass is 16.2. The van der Waals surface area contributed by atoms with E-state index < -0.39 is 5.91 Å². The first-order valence-corrected chi connectivity index (χ1v) is 13.5. The maximum Gasteiger partial charge on any atom is 0.272 e. The molecule has 1 aromatic heterocycles. The molecule has 5 rings (SSSR count). The number of benzene rings is 3. The number of carbonyl (C=O) groups excluding carboxylic acids is 1. The van der Waals surface area contributed by atoms with Crippen LogP contribution in [0.2, 0.25) is 0 Å². The Morgan fingerprint density at radius 1 is 0.872 bits per heavy atom. The number of hydrogen-bond acceptors (Lipinski definition) is 5. The summed E-state index contributed by atoms with van der Waals surface area (Å²) in [6, 6.07) is 28.7. The molecule has 1 aliphatic rings. The minimum atomic E-state index is -0.550. The number of pyridine rings is 1. The summed E-state index contributed by atoms with van der Waals surface area (Å²) in [7, 11) is 0. The van der Waals surface area contributed by atoms with Gasteiger partial charge in [0.25, 0.3) is 5.91 Å². The number of amides is 1. The zero-order valence-corrected chi connectivity index (χ0v) is 22.0. The molecule has 0 bridgehead atoms. The van der Waals surface area contributed by atoms with Crippen LogP contribution in [0.1, 0.15) is 40.4 Å². The maximum absolute atomic E-state index is 12.9. The summed E-state index contributed by atoms with van der Waals surface area (Å²) in [4.78, 5) is 34.8. The summed E-state index contributed by atoms with van der Waals surface area (Å²) in [5.41, 5.74) is 2.93. The molecule has 39 heavy (non-hydrogen) atoms. The molecule has 198 valence electrons. The quantitative estimate of drug-likeness (QED) is 0.198. The molecule has 0 saturated carbocycles. The molecule has 0 unspecified atom stereocenters. The Labute approximate surface area is 228 Å². The Balaban J connectivity index is 1.13. The number of hydrogen-bond donors (Lipinski definition) is 1. The van der Waals surface area contributed by atoms with Gasteiger partial charge in [-0.25, -0.2) is 4.90 Å². The highest BCUT2D eigenvalue weighted by Gasteiger charge is 2.26. The largest absolute Gasteiger partial charge is 0.360 e. The zero-order chi connectivity index (χ0) is 27.0. The van der Waals surface area contributed by atoms with Crippen LogP contribution in [0, 0.1) is 11.5 Å². The van der Waals surface area contributed by atoms with Crippen LogP contribution in [-0.4, -0.2) is 64.9 Å². The number of H-pyrrole nitrogens is 1. The summed E-state index contributed by atoms with van der Waals surface area (Å²) in [5, 5.41) is 10.1. The molecular formula is C32H33N5O2. The van der Waals surface area contributed by atoms with Gasteiger partial charge in [-0.15, -0.1) is 0 Å². The molecule has 1 aliphatic heterocycles. The lowest BCUT2D eigenvalue weighted by Gasteiger charge is -2.40. The summed E-state index contributed by atoms with van der Waals surface area (Å²) >= 11 is 0. The number of nitriles is 1. The average Bonchev–Trinajstić information content (AvgIpc) is 2.99. The third kappa shape index (κ3) is 6.09.